The number of hydrogen-bond donors (Lipinski definition) is 2. The summed E-state index contributed by atoms with van der Waals surface area (Å²) in [6.45, 7) is 3.73. The number of halogens is 2. The van der Waals surface area contributed by atoms with Crippen LogP contribution < -0.4 is 10.6 Å². The van der Waals surface area contributed by atoms with Crippen molar-refractivity contribution in [2.75, 3.05) is 6.54 Å². The van der Waals surface area contributed by atoms with E-state index in [2.05, 4.69) is 60.5 Å². The molecule has 0 amide bonds. The van der Waals surface area contributed by atoms with Crippen LogP contribution in [0.2, 0.25) is 0 Å². The van der Waals surface area contributed by atoms with Gasteiger partial charge in [0.05, 0.1) is 6.54 Å². The zero-order chi connectivity index (χ0) is 11.5. The Balaban J connectivity index is 1.97. The highest BCUT2D eigenvalue weighted by Crippen LogP contribution is 2.21. The Hall–Kier alpha value is -0.550. The van der Waals surface area contributed by atoms with Crippen LogP contribution in [0.5, 0.6) is 0 Å². The van der Waals surface area contributed by atoms with Crippen molar-refractivity contribution < 1.29 is 0 Å². The maximum atomic E-state index is 4.35. The van der Waals surface area contributed by atoms with Crippen molar-refractivity contribution in [1.29, 1.82) is 0 Å². The molecule has 1 aliphatic heterocycles. The zero-order valence-corrected chi connectivity index (χ0v) is 12.1. The smallest absolute Gasteiger partial charge is 0.191 e. The van der Waals surface area contributed by atoms with Crippen molar-refractivity contribution in [3.05, 3.63) is 32.7 Å². The topological polar surface area (TPSA) is 36.4 Å². The molecule has 0 aromatic heterocycles. The van der Waals surface area contributed by atoms with Crippen LogP contribution in [0.4, 0.5) is 0 Å². The number of aliphatic imine (C=N–C) groups is 1. The Morgan fingerprint density at radius 1 is 1.50 bits per heavy atom. The molecular weight excluding hydrogens is 334 g/mol. The summed E-state index contributed by atoms with van der Waals surface area (Å²) >= 11 is 7.00. The van der Waals surface area contributed by atoms with Gasteiger partial charge >= 0.3 is 0 Å². The molecule has 0 fully saturated rings. The first-order chi connectivity index (χ1) is 7.65. The predicted octanol–water partition coefficient (Wildman–Crippen LogP) is 2.65. The van der Waals surface area contributed by atoms with E-state index in [9.17, 15) is 0 Å². The third-order valence-corrected chi connectivity index (χ3v) is 3.63. The van der Waals surface area contributed by atoms with Crippen molar-refractivity contribution in [1.82, 2.24) is 10.6 Å². The summed E-state index contributed by atoms with van der Waals surface area (Å²) in [4.78, 5) is 4.35. The fraction of sp³-hybridized carbons (Fsp3) is 0.364. The molecule has 0 saturated heterocycles. The summed E-state index contributed by atoms with van der Waals surface area (Å²) in [6.07, 6.45) is 0. The van der Waals surface area contributed by atoms with Crippen LogP contribution in [0.25, 0.3) is 0 Å². The van der Waals surface area contributed by atoms with Crippen molar-refractivity contribution in [3.63, 3.8) is 0 Å². The first kappa shape index (κ1) is 11.9. The molecule has 0 spiro atoms. The summed E-state index contributed by atoms with van der Waals surface area (Å²) in [6, 6.07) is 6.58. The fourth-order valence-electron chi connectivity index (χ4n) is 1.52. The van der Waals surface area contributed by atoms with Gasteiger partial charge in [0.15, 0.2) is 5.96 Å². The van der Waals surface area contributed by atoms with E-state index in [-0.39, 0.29) is 0 Å². The van der Waals surface area contributed by atoms with Gasteiger partial charge in [-0.05, 0) is 30.7 Å². The normalized spacial score (nSPS) is 19.2. The number of hydrogen-bond acceptors (Lipinski definition) is 3. The standard InChI is InChI=1S/C11H13Br2N3/c1-7-5-14-11(16-7)15-6-8-4-9(12)2-3-10(8)13/h2-4,7H,5-6H2,1H3,(H2,14,15,16). The number of nitrogens with one attached hydrogen (secondary N) is 2. The molecule has 1 aromatic rings. The van der Waals surface area contributed by atoms with E-state index in [1.807, 2.05) is 12.1 Å². The summed E-state index contributed by atoms with van der Waals surface area (Å²) in [5, 5.41) is 6.55. The molecule has 5 heteroatoms. The highest BCUT2D eigenvalue weighted by Gasteiger charge is 2.11. The molecule has 1 heterocycles. The van der Waals surface area contributed by atoms with Gasteiger partial charge in [0.1, 0.15) is 0 Å². The monoisotopic (exact) mass is 345 g/mol. The number of benzene rings is 1. The second-order valence-electron chi connectivity index (χ2n) is 3.82. The van der Waals surface area contributed by atoms with Crippen molar-refractivity contribution in [3.8, 4) is 0 Å². The van der Waals surface area contributed by atoms with Gasteiger partial charge in [-0.1, -0.05) is 31.9 Å². The quantitative estimate of drug-likeness (QED) is 0.863. The zero-order valence-electron chi connectivity index (χ0n) is 8.93. The van der Waals surface area contributed by atoms with Gasteiger partial charge in [0, 0.05) is 21.5 Å². The molecule has 1 aliphatic rings. The van der Waals surface area contributed by atoms with Crippen LogP contribution in [-0.2, 0) is 6.54 Å². The van der Waals surface area contributed by atoms with Crippen LogP contribution >= 0.6 is 31.9 Å². The van der Waals surface area contributed by atoms with Gasteiger partial charge in [-0.3, -0.25) is 4.99 Å². The van der Waals surface area contributed by atoms with Crippen LogP contribution in [0, 0.1) is 0 Å². The van der Waals surface area contributed by atoms with Crippen molar-refractivity contribution in [2.45, 2.75) is 19.5 Å². The lowest BCUT2D eigenvalue weighted by Crippen LogP contribution is -2.37. The summed E-state index contributed by atoms with van der Waals surface area (Å²) in [5.74, 6) is 0.888. The maximum Gasteiger partial charge on any atom is 0.191 e. The van der Waals surface area contributed by atoms with E-state index in [1.54, 1.807) is 0 Å². The summed E-state index contributed by atoms with van der Waals surface area (Å²) < 4.78 is 2.19. The number of guanidine groups is 1. The molecular formula is C11H13Br2N3. The lowest BCUT2D eigenvalue weighted by molar-refractivity contribution is 0.713. The van der Waals surface area contributed by atoms with Gasteiger partial charge in [-0.15, -0.1) is 0 Å². The van der Waals surface area contributed by atoms with Crippen LogP contribution in [0.15, 0.2) is 32.1 Å². The molecule has 2 rings (SSSR count). The fourth-order valence-corrected chi connectivity index (χ4v) is 2.31. The van der Waals surface area contributed by atoms with E-state index in [0.29, 0.717) is 6.04 Å². The highest BCUT2D eigenvalue weighted by atomic mass is 79.9. The van der Waals surface area contributed by atoms with E-state index in [4.69, 9.17) is 0 Å². The SMILES string of the molecule is CC1CN=C(NCc2cc(Br)ccc2Br)N1. The maximum absolute atomic E-state index is 4.35. The average molecular weight is 347 g/mol. The molecule has 0 bridgehead atoms. The molecule has 0 radical (unpaired) electrons. The molecule has 1 aromatic carbocycles. The molecule has 1 atom stereocenters. The lowest BCUT2D eigenvalue weighted by atomic mass is 10.2. The molecule has 16 heavy (non-hydrogen) atoms. The number of rotatable bonds is 2. The molecule has 3 nitrogen and oxygen atoms in total. The Labute approximate surface area is 112 Å². The third-order valence-electron chi connectivity index (χ3n) is 2.36. The molecule has 2 N–H and O–H groups in total. The van der Waals surface area contributed by atoms with Gasteiger partial charge in [-0.25, -0.2) is 0 Å². The van der Waals surface area contributed by atoms with Gasteiger partial charge < -0.3 is 10.6 Å². The van der Waals surface area contributed by atoms with Gasteiger partial charge in [0.2, 0.25) is 0 Å². The minimum absolute atomic E-state index is 0.438. The average Bonchev–Trinajstić information content (AvgIpc) is 2.66. The van der Waals surface area contributed by atoms with Crippen LogP contribution in [0.3, 0.4) is 0 Å². The molecule has 0 saturated carbocycles. The van der Waals surface area contributed by atoms with Crippen LogP contribution in [0.1, 0.15) is 12.5 Å². The number of nitrogens with zero attached hydrogens (tertiary/aromatic N) is 1. The van der Waals surface area contributed by atoms with E-state index in [1.165, 1.54) is 5.56 Å². The lowest BCUT2D eigenvalue weighted by Gasteiger charge is -2.10. The summed E-state index contributed by atoms with van der Waals surface area (Å²) in [7, 11) is 0. The predicted molar refractivity (Wildman–Crippen MR) is 73.6 cm³/mol. The highest BCUT2D eigenvalue weighted by molar-refractivity contribution is 9.11. The van der Waals surface area contributed by atoms with Crippen molar-refractivity contribution >= 4 is 37.8 Å². The van der Waals surface area contributed by atoms with Crippen molar-refractivity contribution in [2.24, 2.45) is 4.99 Å². The van der Waals surface area contributed by atoms with E-state index < -0.39 is 0 Å². The Morgan fingerprint density at radius 2 is 2.31 bits per heavy atom. The van der Waals surface area contributed by atoms with E-state index in [0.717, 1.165) is 28.0 Å². The third kappa shape index (κ3) is 2.98. The molecule has 0 aliphatic carbocycles. The molecule has 1 unspecified atom stereocenters. The second kappa shape index (κ2) is 5.19. The Kier molecular flexibility index (Phi) is 3.86. The van der Waals surface area contributed by atoms with E-state index >= 15 is 0 Å². The molecule has 86 valence electrons. The summed E-state index contributed by atoms with van der Waals surface area (Å²) in [5.41, 5.74) is 1.21. The minimum atomic E-state index is 0.438. The largest absolute Gasteiger partial charge is 0.352 e. The second-order valence-corrected chi connectivity index (χ2v) is 5.59. The van der Waals surface area contributed by atoms with Crippen LogP contribution in [-0.4, -0.2) is 18.5 Å². The van der Waals surface area contributed by atoms with Gasteiger partial charge in [-0.2, -0.15) is 0 Å². The first-order valence-electron chi connectivity index (χ1n) is 5.14. The first-order valence-corrected chi connectivity index (χ1v) is 6.72. The minimum Gasteiger partial charge on any atom is -0.352 e. The Bertz CT molecular complexity index is 418. The van der Waals surface area contributed by atoms with Gasteiger partial charge in [0.25, 0.3) is 0 Å². The Morgan fingerprint density at radius 3 is 3.00 bits per heavy atom.